The minimum atomic E-state index is -1.07. The second-order valence-electron chi connectivity index (χ2n) is 8.21. The van der Waals surface area contributed by atoms with Crippen LogP contribution in [0.4, 0.5) is 5.69 Å². The van der Waals surface area contributed by atoms with Gasteiger partial charge in [0.1, 0.15) is 21.8 Å². The first-order chi connectivity index (χ1) is 16.6. The molecule has 1 aromatic heterocycles. The maximum absolute atomic E-state index is 13.0. The number of rotatable bonds is 6. The molecule has 0 bridgehead atoms. The number of carboxylic acid groups (broad SMARTS) is 1. The molecule has 3 N–H and O–H groups in total. The third kappa shape index (κ3) is 5.29. The van der Waals surface area contributed by atoms with Crippen LogP contribution < -0.4 is 10.2 Å². The van der Waals surface area contributed by atoms with Crippen molar-refractivity contribution in [1.82, 2.24) is 20.4 Å². The fourth-order valence-corrected chi connectivity index (χ4v) is 7.46. The third-order valence-corrected chi connectivity index (χ3v) is 9.48. The van der Waals surface area contributed by atoms with Crippen LogP contribution in [0.2, 0.25) is 0 Å². The number of carbonyl (C=O) groups excluding carboxylic acids is 3. The van der Waals surface area contributed by atoms with Gasteiger partial charge in [0.05, 0.1) is 0 Å². The Bertz CT molecular complexity index is 1150. The molecule has 0 saturated carbocycles. The number of aromatic nitrogens is 2. The Kier molecular flexibility index (Phi) is 7.35. The van der Waals surface area contributed by atoms with Crippen molar-refractivity contribution in [1.29, 1.82) is 0 Å². The normalized spacial score (nSPS) is 26.5. The number of carboxylic acids is 1. The first kappa shape index (κ1) is 25.4. The van der Waals surface area contributed by atoms with Gasteiger partial charge in [0.15, 0.2) is 4.34 Å². The third-order valence-electron chi connectivity index (χ3n) is 5.65. The van der Waals surface area contributed by atoms with E-state index < -0.39 is 23.7 Å². The number of nitrogens with one attached hydrogen (secondary N) is 1. The second-order valence-corrected chi connectivity index (χ2v) is 11.7. The summed E-state index contributed by atoms with van der Waals surface area (Å²) in [5, 5.41) is 28.6. The summed E-state index contributed by atoms with van der Waals surface area (Å²) in [6.07, 6.45) is -0.838. The van der Waals surface area contributed by atoms with Gasteiger partial charge in [-0.2, -0.15) is 0 Å². The van der Waals surface area contributed by atoms with E-state index in [-0.39, 0.29) is 29.6 Å². The summed E-state index contributed by atoms with van der Waals surface area (Å²) in [6, 6.07) is 8.48. The highest BCUT2D eigenvalue weighted by molar-refractivity contribution is 8.01. The molecule has 4 heterocycles. The number of nitrogens with zero attached hydrogens (tertiary/aromatic N) is 4. The first-order valence-electron chi connectivity index (χ1n) is 10.5. The van der Waals surface area contributed by atoms with Gasteiger partial charge in [0, 0.05) is 30.7 Å². The highest BCUT2D eigenvalue weighted by Crippen LogP contribution is 2.46. The summed E-state index contributed by atoms with van der Waals surface area (Å²) >= 11 is 4.21. The number of para-hydroxylation sites is 1. The van der Waals surface area contributed by atoms with Crippen molar-refractivity contribution in [2.24, 2.45) is 5.41 Å². The van der Waals surface area contributed by atoms with Crippen molar-refractivity contribution in [2.75, 3.05) is 23.0 Å². The Hall–Kier alpha value is -2.68. The number of anilines is 1. The van der Waals surface area contributed by atoms with Crippen molar-refractivity contribution < 1.29 is 29.4 Å². The van der Waals surface area contributed by atoms with Gasteiger partial charge in [-0.3, -0.25) is 24.1 Å². The van der Waals surface area contributed by atoms with E-state index in [1.165, 1.54) is 46.7 Å². The lowest BCUT2D eigenvalue weighted by Gasteiger charge is -2.56. The maximum Gasteiger partial charge on any atom is 0.313 e. The number of benzene rings is 1. The molecule has 2 aromatic rings. The minimum absolute atomic E-state index is 0.126. The lowest BCUT2D eigenvalue weighted by molar-refractivity contribution is -0.156. The average molecular weight is 538 g/mol. The van der Waals surface area contributed by atoms with Gasteiger partial charge < -0.3 is 20.4 Å². The number of aliphatic hydroxyl groups is 1. The fourth-order valence-electron chi connectivity index (χ4n) is 3.74. The lowest BCUT2D eigenvalue weighted by Crippen LogP contribution is -2.74. The van der Waals surface area contributed by atoms with Gasteiger partial charge >= 0.3 is 5.97 Å². The van der Waals surface area contributed by atoms with Crippen LogP contribution in [-0.4, -0.2) is 84.7 Å². The fraction of sp³-hybridized carbons (Fsp3) is 0.429. The number of aliphatic hydroxyl groups excluding tert-OH is 1. The molecule has 1 aromatic carbocycles. The van der Waals surface area contributed by atoms with Gasteiger partial charge in [0.25, 0.3) is 5.91 Å². The van der Waals surface area contributed by atoms with E-state index in [2.05, 4.69) is 15.5 Å². The van der Waals surface area contributed by atoms with Crippen molar-refractivity contribution >= 4 is 64.2 Å². The van der Waals surface area contributed by atoms with Gasteiger partial charge in [-0.15, -0.1) is 22.0 Å². The molecule has 3 saturated heterocycles. The number of amides is 3. The Labute approximate surface area is 213 Å². The first-order valence-corrected chi connectivity index (χ1v) is 13.4. The average Bonchev–Trinajstić information content (AvgIpc) is 3.30. The Balaban J connectivity index is 0.000000514. The summed E-state index contributed by atoms with van der Waals surface area (Å²) in [5.41, 5.74) is -0.402. The van der Waals surface area contributed by atoms with Crippen LogP contribution in [-0.2, 0) is 19.2 Å². The Morgan fingerprint density at radius 2 is 1.94 bits per heavy atom. The van der Waals surface area contributed by atoms with Crippen LogP contribution in [0.1, 0.15) is 11.9 Å². The molecule has 186 valence electrons. The standard InChI is InChI=1S/C19H20N4O4S3.C2H3NO2/c1-11-20-21-18(30-11)29-10-19(17(26)27)8-22-15(25)14(16(22)28-9-19)23(12(2)24)13-6-4-3-5-7-13;4-1-2(5)3-1/h3-7,14,16H,8-10H2,1-2H3,(H,26,27);1,4H,(H,3,5)/t14?,16-,19?;/m1./s1. The van der Waals surface area contributed by atoms with E-state index in [4.69, 9.17) is 5.11 Å². The van der Waals surface area contributed by atoms with E-state index >= 15 is 0 Å². The monoisotopic (exact) mass is 537 g/mol. The van der Waals surface area contributed by atoms with E-state index in [0.717, 1.165) is 9.35 Å². The van der Waals surface area contributed by atoms with Crippen molar-refractivity contribution in [3.63, 3.8) is 0 Å². The highest BCUT2D eigenvalue weighted by atomic mass is 32.2. The number of hydrogen-bond acceptors (Lipinski definition) is 10. The van der Waals surface area contributed by atoms with Crippen LogP contribution >= 0.6 is 34.9 Å². The molecule has 3 fully saturated rings. The molecule has 3 aliphatic rings. The van der Waals surface area contributed by atoms with Crippen LogP contribution in [0.3, 0.4) is 0 Å². The van der Waals surface area contributed by atoms with Crippen molar-refractivity contribution in [3.05, 3.63) is 35.3 Å². The largest absolute Gasteiger partial charge is 0.481 e. The Morgan fingerprint density at radius 1 is 1.29 bits per heavy atom. The van der Waals surface area contributed by atoms with Gasteiger partial charge in [-0.25, -0.2) is 0 Å². The molecule has 14 heteroatoms. The number of β-lactam (4-membered cyclic amide) rings is 1. The highest BCUT2D eigenvalue weighted by Gasteiger charge is 2.59. The molecule has 5 rings (SSSR count). The molecular weight excluding hydrogens is 514 g/mol. The molecule has 11 nitrogen and oxygen atoms in total. The van der Waals surface area contributed by atoms with E-state index in [0.29, 0.717) is 17.2 Å². The lowest BCUT2D eigenvalue weighted by atomic mass is 9.89. The molecule has 3 amide bonds. The summed E-state index contributed by atoms with van der Waals surface area (Å²) in [7, 11) is 0. The number of fused-ring (bicyclic) bond motifs is 1. The van der Waals surface area contributed by atoms with Crippen LogP contribution in [0.25, 0.3) is 0 Å². The van der Waals surface area contributed by atoms with E-state index in [1.54, 1.807) is 17.0 Å². The number of carbonyl (C=O) groups is 4. The van der Waals surface area contributed by atoms with Crippen LogP contribution in [0.5, 0.6) is 0 Å². The van der Waals surface area contributed by atoms with Gasteiger partial charge in [0.2, 0.25) is 18.0 Å². The number of aryl methyl sites for hydroxylation is 1. The van der Waals surface area contributed by atoms with Crippen molar-refractivity contribution in [3.8, 4) is 0 Å². The molecule has 3 unspecified atom stereocenters. The topological polar surface area (TPSA) is 163 Å². The predicted octanol–water partition coefficient (Wildman–Crippen LogP) is 0.781. The zero-order valence-corrected chi connectivity index (χ0v) is 21.2. The summed E-state index contributed by atoms with van der Waals surface area (Å²) in [6.45, 7) is 3.42. The van der Waals surface area contributed by atoms with Gasteiger partial charge in [-0.1, -0.05) is 41.3 Å². The van der Waals surface area contributed by atoms with E-state index in [1.807, 2.05) is 25.1 Å². The Morgan fingerprint density at radius 3 is 2.46 bits per heavy atom. The summed E-state index contributed by atoms with van der Waals surface area (Å²) < 4.78 is 0.722. The number of aliphatic carboxylic acids is 1. The smallest absolute Gasteiger partial charge is 0.313 e. The maximum atomic E-state index is 13.0. The number of hydrogen-bond donors (Lipinski definition) is 3. The zero-order valence-electron chi connectivity index (χ0n) is 18.8. The quantitative estimate of drug-likeness (QED) is 0.273. The summed E-state index contributed by atoms with van der Waals surface area (Å²) in [5.74, 6) is -0.959. The zero-order chi connectivity index (χ0) is 25.3. The molecule has 0 spiro atoms. The molecular formula is C21H23N5O6S3. The number of thioether (sulfide) groups is 2. The van der Waals surface area contributed by atoms with E-state index in [9.17, 15) is 24.3 Å². The predicted molar refractivity (Wildman–Crippen MR) is 131 cm³/mol. The molecule has 0 aliphatic carbocycles. The van der Waals surface area contributed by atoms with Gasteiger partial charge in [-0.05, 0) is 19.1 Å². The molecule has 35 heavy (non-hydrogen) atoms. The van der Waals surface area contributed by atoms with Crippen molar-refractivity contribution in [2.45, 2.75) is 35.8 Å². The summed E-state index contributed by atoms with van der Waals surface area (Å²) in [4.78, 5) is 50.1. The second kappa shape index (κ2) is 10.1. The molecule has 4 atom stereocenters. The molecule has 3 aliphatic heterocycles. The van der Waals surface area contributed by atoms with Crippen LogP contribution in [0.15, 0.2) is 34.7 Å². The van der Waals surface area contributed by atoms with Crippen LogP contribution in [0, 0.1) is 12.3 Å². The minimum Gasteiger partial charge on any atom is -0.481 e. The SMILES string of the molecule is CC(=O)N(c1ccccc1)C1C(=O)N2CC(CSc3nnc(C)s3)(C(=O)O)CS[C@H]12.O=C1NC1O. The molecule has 0 radical (unpaired) electrons.